The molecule has 0 aliphatic rings. The van der Waals surface area contributed by atoms with Gasteiger partial charge in [-0.25, -0.2) is 14.6 Å². The third-order valence-electron chi connectivity index (χ3n) is 3.00. The minimum Gasteiger partial charge on any atom is -0.372 e. The maximum Gasteiger partial charge on any atom is 0.168 e. The zero-order valence-electron chi connectivity index (χ0n) is 10.6. The van der Waals surface area contributed by atoms with Gasteiger partial charge >= 0.3 is 0 Å². The monoisotopic (exact) mass is 273 g/mol. The van der Waals surface area contributed by atoms with Crippen LogP contribution in [0.1, 0.15) is 5.56 Å². The molecule has 0 spiro atoms. The molecule has 0 radical (unpaired) electrons. The van der Waals surface area contributed by atoms with Gasteiger partial charge in [0.2, 0.25) is 0 Å². The molecule has 0 fully saturated rings. The lowest BCUT2D eigenvalue weighted by Gasteiger charge is -2.05. The van der Waals surface area contributed by atoms with Crippen molar-refractivity contribution in [1.82, 2.24) is 19.7 Å². The molecule has 0 saturated carbocycles. The normalized spacial score (nSPS) is 10.9. The molecule has 1 aromatic carbocycles. The third kappa shape index (κ3) is 1.92. The average molecular weight is 274 g/mol. The molecule has 19 heavy (non-hydrogen) atoms. The van der Waals surface area contributed by atoms with Crippen molar-refractivity contribution in [3.63, 3.8) is 0 Å². The van der Waals surface area contributed by atoms with Crippen LogP contribution < -0.4 is 5.32 Å². The van der Waals surface area contributed by atoms with Gasteiger partial charge in [0, 0.05) is 12.1 Å². The van der Waals surface area contributed by atoms with E-state index in [2.05, 4.69) is 20.4 Å². The Labute approximate surface area is 115 Å². The van der Waals surface area contributed by atoms with E-state index in [0.29, 0.717) is 5.02 Å². The van der Waals surface area contributed by atoms with Crippen LogP contribution in [0, 0.1) is 6.92 Å². The fraction of sp³-hybridized carbons (Fsp3) is 0.154. The van der Waals surface area contributed by atoms with E-state index < -0.39 is 0 Å². The van der Waals surface area contributed by atoms with E-state index in [1.807, 2.05) is 32.2 Å². The summed E-state index contributed by atoms with van der Waals surface area (Å²) in [5, 5.41) is 8.97. The first-order valence-electron chi connectivity index (χ1n) is 5.83. The Balaban J connectivity index is 2.23. The molecule has 6 heteroatoms. The van der Waals surface area contributed by atoms with Crippen LogP contribution in [0.5, 0.6) is 0 Å². The van der Waals surface area contributed by atoms with Crippen molar-refractivity contribution in [3.05, 3.63) is 41.3 Å². The molecule has 96 valence electrons. The predicted octanol–water partition coefficient (Wildman–Crippen LogP) is 2.82. The summed E-state index contributed by atoms with van der Waals surface area (Å²) < 4.78 is 1.75. The molecule has 1 N–H and O–H groups in total. The zero-order valence-corrected chi connectivity index (χ0v) is 11.3. The van der Waals surface area contributed by atoms with Gasteiger partial charge in [0.15, 0.2) is 5.65 Å². The van der Waals surface area contributed by atoms with E-state index in [0.717, 1.165) is 28.1 Å². The van der Waals surface area contributed by atoms with Crippen LogP contribution in [0.15, 0.2) is 30.7 Å². The number of halogens is 1. The fourth-order valence-electron chi connectivity index (χ4n) is 1.95. The van der Waals surface area contributed by atoms with Gasteiger partial charge in [-0.05, 0) is 24.6 Å². The van der Waals surface area contributed by atoms with Crippen molar-refractivity contribution in [2.75, 3.05) is 12.4 Å². The number of benzene rings is 1. The molecule has 2 aromatic heterocycles. The highest BCUT2D eigenvalue weighted by molar-refractivity contribution is 6.31. The highest BCUT2D eigenvalue weighted by Crippen LogP contribution is 2.24. The SMILES string of the molecule is CNc1ncnc2c1cnn2-c1ccc(C)c(Cl)c1. The van der Waals surface area contributed by atoms with Gasteiger partial charge in [-0.1, -0.05) is 17.7 Å². The number of nitrogens with one attached hydrogen (secondary N) is 1. The standard InChI is InChI=1S/C13H12ClN5/c1-8-3-4-9(5-11(8)14)19-13-10(6-18-19)12(15-2)16-7-17-13/h3-7H,1-2H3,(H,15,16,17). The Hall–Kier alpha value is -2.14. The number of hydrogen-bond donors (Lipinski definition) is 1. The highest BCUT2D eigenvalue weighted by atomic mass is 35.5. The largest absolute Gasteiger partial charge is 0.372 e. The van der Waals surface area contributed by atoms with Crippen molar-refractivity contribution in [2.24, 2.45) is 0 Å². The van der Waals surface area contributed by atoms with Crippen molar-refractivity contribution in [2.45, 2.75) is 6.92 Å². The van der Waals surface area contributed by atoms with E-state index in [4.69, 9.17) is 11.6 Å². The van der Waals surface area contributed by atoms with E-state index in [9.17, 15) is 0 Å². The third-order valence-corrected chi connectivity index (χ3v) is 3.41. The van der Waals surface area contributed by atoms with E-state index in [-0.39, 0.29) is 0 Å². The summed E-state index contributed by atoms with van der Waals surface area (Å²) in [5.41, 5.74) is 2.66. The van der Waals surface area contributed by atoms with Crippen LogP contribution in [0.4, 0.5) is 5.82 Å². The minimum absolute atomic E-state index is 0.712. The fourth-order valence-corrected chi connectivity index (χ4v) is 2.12. The van der Waals surface area contributed by atoms with Crippen molar-refractivity contribution in [3.8, 4) is 5.69 Å². The summed E-state index contributed by atoms with van der Waals surface area (Å²) in [6.45, 7) is 1.97. The van der Waals surface area contributed by atoms with Crippen LogP contribution in [0.3, 0.4) is 0 Å². The van der Waals surface area contributed by atoms with E-state index >= 15 is 0 Å². The van der Waals surface area contributed by atoms with Crippen LogP contribution in [-0.2, 0) is 0 Å². The molecule has 5 nitrogen and oxygen atoms in total. The lowest BCUT2D eigenvalue weighted by Crippen LogP contribution is -1.99. The molecular formula is C13H12ClN5. The first kappa shape index (κ1) is 11.9. The summed E-state index contributed by atoms with van der Waals surface area (Å²) in [6.07, 6.45) is 3.26. The van der Waals surface area contributed by atoms with Gasteiger partial charge in [0.25, 0.3) is 0 Å². The van der Waals surface area contributed by atoms with Gasteiger partial charge in [0.05, 0.1) is 17.3 Å². The van der Waals surface area contributed by atoms with Crippen LogP contribution in [0.2, 0.25) is 5.02 Å². The minimum atomic E-state index is 0.712. The Morgan fingerprint density at radius 3 is 2.84 bits per heavy atom. The molecule has 3 rings (SSSR count). The van der Waals surface area contributed by atoms with Gasteiger partial charge < -0.3 is 5.32 Å². The Kier molecular flexibility index (Phi) is 2.83. The smallest absolute Gasteiger partial charge is 0.168 e. The molecule has 0 aliphatic carbocycles. The summed E-state index contributed by atoms with van der Waals surface area (Å²) in [5.74, 6) is 0.759. The number of rotatable bonds is 2. The van der Waals surface area contributed by atoms with Gasteiger partial charge in [-0.2, -0.15) is 5.10 Å². The van der Waals surface area contributed by atoms with Crippen LogP contribution in [0.25, 0.3) is 16.7 Å². The molecule has 2 heterocycles. The Morgan fingerprint density at radius 1 is 1.26 bits per heavy atom. The maximum atomic E-state index is 6.15. The molecule has 3 aromatic rings. The molecule has 0 bridgehead atoms. The van der Waals surface area contributed by atoms with Crippen LogP contribution in [-0.4, -0.2) is 26.8 Å². The Morgan fingerprint density at radius 2 is 2.11 bits per heavy atom. The lowest BCUT2D eigenvalue weighted by atomic mass is 10.2. The number of anilines is 1. The summed E-state index contributed by atoms with van der Waals surface area (Å²) >= 11 is 6.15. The molecule has 0 aliphatic heterocycles. The highest BCUT2D eigenvalue weighted by Gasteiger charge is 2.10. The van der Waals surface area contributed by atoms with Crippen molar-refractivity contribution >= 4 is 28.5 Å². The lowest BCUT2D eigenvalue weighted by molar-refractivity contribution is 0.894. The second-order valence-corrected chi connectivity index (χ2v) is 4.61. The van der Waals surface area contributed by atoms with E-state index in [1.54, 1.807) is 10.9 Å². The predicted molar refractivity (Wildman–Crippen MR) is 76.0 cm³/mol. The molecular weight excluding hydrogens is 262 g/mol. The molecule has 0 amide bonds. The van der Waals surface area contributed by atoms with Gasteiger partial charge in [0.1, 0.15) is 12.1 Å². The average Bonchev–Trinajstić information content (AvgIpc) is 2.85. The topological polar surface area (TPSA) is 55.6 Å². The number of fused-ring (bicyclic) bond motifs is 1. The molecule has 0 unspecified atom stereocenters. The van der Waals surface area contributed by atoms with Gasteiger partial charge in [-0.3, -0.25) is 0 Å². The zero-order chi connectivity index (χ0) is 13.4. The summed E-state index contributed by atoms with van der Waals surface area (Å²) in [4.78, 5) is 8.45. The summed E-state index contributed by atoms with van der Waals surface area (Å²) in [6, 6.07) is 5.81. The summed E-state index contributed by atoms with van der Waals surface area (Å²) in [7, 11) is 1.82. The molecule has 0 atom stereocenters. The second kappa shape index (κ2) is 4.51. The van der Waals surface area contributed by atoms with Crippen molar-refractivity contribution in [1.29, 1.82) is 0 Å². The maximum absolute atomic E-state index is 6.15. The number of nitrogens with zero attached hydrogens (tertiary/aromatic N) is 4. The van der Waals surface area contributed by atoms with Crippen molar-refractivity contribution < 1.29 is 0 Å². The number of hydrogen-bond acceptors (Lipinski definition) is 4. The van der Waals surface area contributed by atoms with E-state index in [1.165, 1.54) is 6.33 Å². The van der Waals surface area contributed by atoms with Gasteiger partial charge in [-0.15, -0.1) is 0 Å². The van der Waals surface area contributed by atoms with Crippen LogP contribution >= 0.6 is 11.6 Å². The number of aryl methyl sites for hydroxylation is 1. The number of aromatic nitrogens is 4. The second-order valence-electron chi connectivity index (χ2n) is 4.20. The first-order valence-corrected chi connectivity index (χ1v) is 6.21. The Bertz CT molecular complexity index is 750. The quantitative estimate of drug-likeness (QED) is 0.780. The first-order chi connectivity index (χ1) is 9.20. The molecule has 0 saturated heterocycles.